The minimum atomic E-state index is -2.51. The van der Waals surface area contributed by atoms with Crippen LogP contribution in [-0.2, 0) is 13.1 Å². The van der Waals surface area contributed by atoms with Gasteiger partial charge in [0.2, 0.25) is 0 Å². The summed E-state index contributed by atoms with van der Waals surface area (Å²) in [6, 6.07) is 13.5. The van der Waals surface area contributed by atoms with Crippen LogP contribution in [0.3, 0.4) is 0 Å². The minimum absolute atomic E-state index is 0.333. The molecule has 8 heteroatoms. The number of carbonyl (C=O) groups excluding carboxylic acids is 1. The molecule has 2 heterocycles. The number of hydrogen-bond acceptors (Lipinski definition) is 4. The van der Waals surface area contributed by atoms with E-state index in [-0.39, 0.29) is 6.03 Å². The Morgan fingerprint density at radius 1 is 1.00 bits per heavy atom. The van der Waals surface area contributed by atoms with E-state index in [1.54, 1.807) is 47.9 Å². The number of nitrogens with zero attached hydrogens (tertiary/aromatic N) is 3. The van der Waals surface area contributed by atoms with Crippen LogP contribution >= 0.6 is 11.8 Å². The number of halogens is 2. The van der Waals surface area contributed by atoms with Gasteiger partial charge in [-0.05, 0) is 47.5 Å². The second kappa shape index (κ2) is 9.80. The third-order valence-corrected chi connectivity index (χ3v) is 4.52. The van der Waals surface area contributed by atoms with Gasteiger partial charge in [-0.15, -0.1) is 0 Å². The number of urea groups is 1. The van der Waals surface area contributed by atoms with Crippen LogP contribution in [0.5, 0.6) is 0 Å². The highest BCUT2D eigenvalue weighted by atomic mass is 32.2. The first-order chi connectivity index (χ1) is 13.6. The second-order valence-electron chi connectivity index (χ2n) is 5.91. The maximum Gasteiger partial charge on any atom is 0.322 e. The molecule has 0 aliphatic carbocycles. The molecule has 0 saturated heterocycles. The molecule has 0 spiro atoms. The van der Waals surface area contributed by atoms with Crippen molar-refractivity contribution in [2.24, 2.45) is 0 Å². The fourth-order valence-corrected chi connectivity index (χ4v) is 3.13. The van der Waals surface area contributed by atoms with E-state index in [1.807, 2.05) is 24.3 Å². The molecule has 0 aliphatic rings. The van der Waals surface area contributed by atoms with Gasteiger partial charge in [0.05, 0.1) is 0 Å². The molecule has 2 aromatic heterocycles. The molecule has 0 radical (unpaired) electrons. The van der Waals surface area contributed by atoms with Crippen molar-refractivity contribution in [3.8, 4) is 0 Å². The zero-order chi connectivity index (χ0) is 19.8. The largest absolute Gasteiger partial charge is 0.322 e. The normalized spacial score (nSPS) is 10.7. The van der Waals surface area contributed by atoms with Crippen LogP contribution in [0.4, 0.5) is 19.3 Å². The molecular formula is C20H18F2N4OS. The number of carbonyl (C=O) groups is 1. The fraction of sp³-hybridized carbons (Fsp3) is 0.150. The first-order valence-corrected chi connectivity index (χ1v) is 9.37. The highest BCUT2D eigenvalue weighted by Gasteiger charge is 2.16. The lowest BCUT2D eigenvalue weighted by molar-refractivity contribution is 0.206. The van der Waals surface area contributed by atoms with Gasteiger partial charge in [0.15, 0.2) is 0 Å². The second-order valence-corrected chi connectivity index (χ2v) is 6.97. The van der Waals surface area contributed by atoms with Crippen molar-refractivity contribution in [3.05, 3.63) is 84.4 Å². The zero-order valence-corrected chi connectivity index (χ0v) is 15.7. The van der Waals surface area contributed by atoms with Crippen molar-refractivity contribution >= 4 is 23.5 Å². The van der Waals surface area contributed by atoms with Gasteiger partial charge in [-0.25, -0.2) is 4.79 Å². The number of pyridine rings is 2. The van der Waals surface area contributed by atoms with Crippen LogP contribution in [-0.4, -0.2) is 26.7 Å². The van der Waals surface area contributed by atoms with E-state index in [0.29, 0.717) is 35.4 Å². The van der Waals surface area contributed by atoms with Crippen molar-refractivity contribution in [1.29, 1.82) is 0 Å². The van der Waals surface area contributed by atoms with Crippen LogP contribution in [0.1, 0.15) is 11.1 Å². The first kappa shape index (κ1) is 19.8. The summed E-state index contributed by atoms with van der Waals surface area (Å²) in [6.45, 7) is 0.724. The van der Waals surface area contributed by atoms with Gasteiger partial charge in [0.25, 0.3) is 5.76 Å². The number of hydrogen-bond donors (Lipinski definition) is 1. The molecule has 28 heavy (non-hydrogen) atoms. The van der Waals surface area contributed by atoms with E-state index in [4.69, 9.17) is 0 Å². The van der Waals surface area contributed by atoms with Crippen molar-refractivity contribution in [2.45, 2.75) is 23.7 Å². The molecule has 0 saturated carbocycles. The summed E-state index contributed by atoms with van der Waals surface area (Å²) in [6.07, 6.45) is 6.71. The molecular weight excluding hydrogens is 382 g/mol. The Morgan fingerprint density at radius 3 is 2.50 bits per heavy atom. The number of anilines is 1. The van der Waals surface area contributed by atoms with E-state index in [0.717, 1.165) is 11.1 Å². The molecule has 1 aromatic carbocycles. The molecule has 0 bridgehead atoms. The maximum atomic E-state index is 12.9. The fourth-order valence-electron chi connectivity index (χ4n) is 2.57. The van der Waals surface area contributed by atoms with Gasteiger partial charge in [0, 0.05) is 48.5 Å². The summed E-state index contributed by atoms with van der Waals surface area (Å²) >= 11 is 0.440. The summed E-state index contributed by atoms with van der Waals surface area (Å²) in [5, 5.41) is 2.79. The van der Waals surface area contributed by atoms with Crippen LogP contribution < -0.4 is 5.32 Å². The Labute approximate surface area is 165 Å². The van der Waals surface area contributed by atoms with Crippen LogP contribution in [0.2, 0.25) is 0 Å². The van der Waals surface area contributed by atoms with Crippen molar-refractivity contribution in [3.63, 3.8) is 0 Å². The number of aromatic nitrogens is 2. The quantitative estimate of drug-likeness (QED) is 0.566. The third kappa shape index (κ3) is 6.02. The van der Waals surface area contributed by atoms with E-state index in [1.165, 1.54) is 6.07 Å². The molecule has 2 amide bonds. The lowest BCUT2D eigenvalue weighted by Crippen LogP contribution is -2.34. The van der Waals surface area contributed by atoms with Crippen molar-refractivity contribution in [1.82, 2.24) is 14.9 Å². The molecule has 0 fully saturated rings. The van der Waals surface area contributed by atoms with Crippen LogP contribution in [0.25, 0.3) is 0 Å². The van der Waals surface area contributed by atoms with Gasteiger partial charge >= 0.3 is 6.03 Å². The summed E-state index contributed by atoms with van der Waals surface area (Å²) in [4.78, 5) is 23.0. The van der Waals surface area contributed by atoms with Crippen LogP contribution in [0, 0.1) is 0 Å². The number of alkyl halides is 2. The molecule has 0 unspecified atom stereocenters. The Hall–Kier alpha value is -3.00. The highest BCUT2D eigenvalue weighted by Crippen LogP contribution is 2.27. The number of benzene rings is 1. The Morgan fingerprint density at radius 2 is 1.79 bits per heavy atom. The first-order valence-electron chi connectivity index (χ1n) is 8.49. The van der Waals surface area contributed by atoms with Crippen molar-refractivity contribution < 1.29 is 13.6 Å². The summed E-state index contributed by atoms with van der Waals surface area (Å²) in [5.41, 5.74) is 2.27. The summed E-state index contributed by atoms with van der Waals surface area (Å²) in [5.74, 6) is -2.51. The molecule has 3 rings (SSSR count). The van der Waals surface area contributed by atoms with E-state index in [9.17, 15) is 13.6 Å². The highest BCUT2D eigenvalue weighted by molar-refractivity contribution is 7.99. The van der Waals surface area contributed by atoms with Gasteiger partial charge in [-0.3, -0.25) is 9.97 Å². The standard InChI is InChI=1S/C20H18F2N4OS/c21-19(22)28-18-5-1-4-17(11-18)25-20(27)26(13-15-6-9-23-10-7-15)14-16-3-2-8-24-12-16/h1-12,19H,13-14H2,(H,25,27). The molecule has 1 N–H and O–H groups in total. The number of amides is 2. The molecule has 144 valence electrons. The van der Waals surface area contributed by atoms with Crippen molar-refractivity contribution in [2.75, 3.05) is 5.32 Å². The molecule has 3 aromatic rings. The topological polar surface area (TPSA) is 58.1 Å². The average molecular weight is 400 g/mol. The summed E-state index contributed by atoms with van der Waals surface area (Å²) in [7, 11) is 0. The van der Waals surface area contributed by atoms with Gasteiger partial charge < -0.3 is 10.2 Å². The van der Waals surface area contributed by atoms with Gasteiger partial charge in [-0.2, -0.15) is 8.78 Å². The third-order valence-electron chi connectivity index (χ3n) is 3.82. The van der Waals surface area contributed by atoms with E-state index >= 15 is 0 Å². The van der Waals surface area contributed by atoms with E-state index < -0.39 is 5.76 Å². The Bertz CT molecular complexity index is 855. The number of thioether (sulfide) groups is 1. The summed E-state index contributed by atoms with van der Waals surface area (Å²) < 4.78 is 25.2. The smallest absolute Gasteiger partial charge is 0.316 e. The number of nitrogens with one attached hydrogen (secondary N) is 1. The molecule has 0 atom stereocenters. The monoisotopic (exact) mass is 400 g/mol. The maximum absolute atomic E-state index is 12.9. The van der Waals surface area contributed by atoms with Crippen LogP contribution in [0.15, 0.2) is 78.2 Å². The predicted octanol–water partition coefficient (Wildman–Crippen LogP) is 5.03. The lowest BCUT2D eigenvalue weighted by atomic mass is 10.2. The average Bonchev–Trinajstić information content (AvgIpc) is 2.69. The minimum Gasteiger partial charge on any atom is -0.316 e. The predicted molar refractivity (Wildman–Crippen MR) is 105 cm³/mol. The lowest BCUT2D eigenvalue weighted by Gasteiger charge is -2.23. The van der Waals surface area contributed by atoms with Gasteiger partial charge in [0.1, 0.15) is 0 Å². The molecule has 5 nitrogen and oxygen atoms in total. The number of rotatable bonds is 7. The molecule has 0 aliphatic heterocycles. The zero-order valence-electron chi connectivity index (χ0n) is 14.8. The van der Waals surface area contributed by atoms with E-state index in [2.05, 4.69) is 15.3 Å². The SMILES string of the molecule is O=C(Nc1cccc(SC(F)F)c1)N(Cc1ccncc1)Cc1cccnc1. The Balaban J connectivity index is 1.76. The van der Waals surface area contributed by atoms with Gasteiger partial charge in [-0.1, -0.05) is 23.9 Å². The Kier molecular flexibility index (Phi) is 6.91.